The molecule has 0 fully saturated rings. The van der Waals surface area contributed by atoms with Crippen LogP contribution in [0.5, 0.6) is 0 Å². The summed E-state index contributed by atoms with van der Waals surface area (Å²) in [5, 5.41) is 2.81. The number of nitrogens with one attached hydrogen (secondary N) is 1. The zero-order valence-corrected chi connectivity index (χ0v) is 27.0. The van der Waals surface area contributed by atoms with Crippen molar-refractivity contribution >= 4 is 29.3 Å². The second-order valence-corrected chi connectivity index (χ2v) is 12.8. The Hall–Kier alpha value is -4.64. The van der Waals surface area contributed by atoms with Crippen LogP contribution >= 0.6 is 0 Å². The van der Waals surface area contributed by atoms with E-state index in [0.29, 0.717) is 36.5 Å². The molecule has 3 aromatic rings. The van der Waals surface area contributed by atoms with Crippen molar-refractivity contribution in [3.05, 3.63) is 88.5 Å². The van der Waals surface area contributed by atoms with Crippen LogP contribution in [0.1, 0.15) is 76.5 Å². The molecule has 45 heavy (non-hydrogen) atoms. The number of primary amides is 1. The molecule has 1 aromatic heterocycles. The molecule has 11 heteroatoms. The number of hydrogen-bond donors (Lipinski definition) is 2. The molecule has 0 saturated carbocycles. The summed E-state index contributed by atoms with van der Waals surface area (Å²) in [4.78, 5) is 65.3. The van der Waals surface area contributed by atoms with E-state index in [9.17, 15) is 19.2 Å². The summed E-state index contributed by atoms with van der Waals surface area (Å²) in [7, 11) is 3.77. The van der Waals surface area contributed by atoms with Gasteiger partial charge in [0.05, 0.1) is 24.5 Å². The average molecular weight is 614 g/mol. The maximum atomic E-state index is 14.1. The molecule has 0 aliphatic carbocycles. The Morgan fingerprint density at radius 2 is 1.73 bits per heavy atom. The van der Waals surface area contributed by atoms with Gasteiger partial charge in [0.15, 0.2) is 0 Å². The Morgan fingerprint density at radius 1 is 1.02 bits per heavy atom. The highest BCUT2D eigenvalue weighted by Gasteiger charge is 2.34. The van der Waals surface area contributed by atoms with E-state index in [1.807, 2.05) is 37.2 Å². The van der Waals surface area contributed by atoms with Crippen molar-refractivity contribution in [2.75, 3.05) is 45.6 Å². The molecule has 11 nitrogen and oxygen atoms in total. The summed E-state index contributed by atoms with van der Waals surface area (Å²) >= 11 is 0. The Balaban J connectivity index is 1.62. The number of fused-ring (bicyclic) bond motifs is 1. The number of carbonyl (C=O) groups is 4. The molecule has 0 radical (unpaired) electrons. The van der Waals surface area contributed by atoms with Gasteiger partial charge in [0.25, 0.3) is 11.8 Å². The summed E-state index contributed by atoms with van der Waals surface area (Å²) in [6, 6.07) is 13.3. The third-order valence-corrected chi connectivity index (χ3v) is 7.91. The number of amides is 4. The number of carbonyl (C=O) groups excluding carboxylic acids is 4. The molecule has 0 saturated heterocycles. The van der Waals surface area contributed by atoms with Crippen molar-refractivity contribution in [1.29, 1.82) is 0 Å². The molecule has 238 valence electrons. The fourth-order valence-corrected chi connectivity index (χ4v) is 5.29. The van der Waals surface area contributed by atoms with Gasteiger partial charge in [0.2, 0.25) is 11.8 Å². The van der Waals surface area contributed by atoms with Gasteiger partial charge in [0, 0.05) is 43.5 Å². The first-order valence-electron chi connectivity index (χ1n) is 15.1. The lowest BCUT2D eigenvalue weighted by Gasteiger charge is -2.38. The van der Waals surface area contributed by atoms with Crippen LogP contribution in [0.2, 0.25) is 0 Å². The van der Waals surface area contributed by atoms with Crippen LogP contribution in [-0.4, -0.2) is 88.6 Å². The van der Waals surface area contributed by atoms with Gasteiger partial charge in [-0.15, -0.1) is 0 Å². The molecule has 2 heterocycles. The number of rotatable bonds is 11. The monoisotopic (exact) mass is 613 g/mol. The maximum absolute atomic E-state index is 14.1. The Bertz CT molecular complexity index is 1550. The molecule has 1 unspecified atom stereocenters. The lowest BCUT2D eigenvalue weighted by atomic mass is 9.84. The second-order valence-electron chi connectivity index (χ2n) is 12.8. The number of aromatic nitrogens is 2. The lowest BCUT2D eigenvalue weighted by Crippen LogP contribution is -2.45. The molecule has 0 spiro atoms. The minimum Gasteiger partial charge on any atom is -0.368 e. The first-order valence-corrected chi connectivity index (χ1v) is 15.1. The average Bonchev–Trinajstić information content (AvgIpc) is 2.98. The third kappa shape index (κ3) is 8.51. The molecular formula is C34H43N7O4. The lowest BCUT2D eigenvalue weighted by molar-refractivity contribution is -0.135. The molecule has 3 N–H and O–H groups in total. The van der Waals surface area contributed by atoms with Gasteiger partial charge in [-0.05, 0) is 61.7 Å². The Labute approximate surface area is 264 Å². The number of nitrogens with zero attached hydrogens (tertiary/aromatic N) is 5. The van der Waals surface area contributed by atoms with E-state index in [-0.39, 0.29) is 48.5 Å². The topological polar surface area (TPSA) is 142 Å². The van der Waals surface area contributed by atoms with Crippen LogP contribution < -0.4 is 11.1 Å². The number of anilines is 1. The van der Waals surface area contributed by atoms with E-state index in [1.165, 1.54) is 22.9 Å². The second kappa shape index (κ2) is 14.0. The fraction of sp³-hybridized carbons (Fsp3) is 0.412. The fourth-order valence-electron chi connectivity index (χ4n) is 5.29. The van der Waals surface area contributed by atoms with Crippen LogP contribution in [0.4, 0.5) is 5.69 Å². The molecule has 1 aliphatic heterocycles. The van der Waals surface area contributed by atoms with Gasteiger partial charge in [-0.1, -0.05) is 51.1 Å². The smallest absolute Gasteiger partial charge is 0.275 e. The summed E-state index contributed by atoms with van der Waals surface area (Å²) in [5.74, 6) is -1.52. The number of aryl methyl sites for hydroxylation is 1. The molecular weight excluding hydrogens is 570 g/mol. The largest absolute Gasteiger partial charge is 0.368 e. The van der Waals surface area contributed by atoms with Crippen LogP contribution in [0.15, 0.2) is 54.9 Å². The summed E-state index contributed by atoms with van der Waals surface area (Å²) in [5.41, 5.74) is 10.2. The van der Waals surface area contributed by atoms with Crippen molar-refractivity contribution in [1.82, 2.24) is 24.7 Å². The van der Waals surface area contributed by atoms with Gasteiger partial charge in [0.1, 0.15) is 5.69 Å². The molecule has 4 amide bonds. The van der Waals surface area contributed by atoms with Gasteiger partial charge in [-0.25, -0.2) is 4.98 Å². The first kappa shape index (κ1) is 33.3. The number of benzene rings is 2. The van der Waals surface area contributed by atoms with Crippen LogP contribution in [0.3, 0.4) is 0 Å². The molecule has 0 bridgehead atoms. The molecule has 1 aliphatic rings. The zero-order chi connectivity index (χ0) is 32.9. The molecule has 2 aromatic carbocycles. The highest BCUT2D eigenvalue weighted by molar-refractivity contribution is 6.04. The molecule has 1 atom stereocenters. The first-order chi connectivity index (χ1) is 21.2. The van der Waals surface area contributed by atoms with Gasteiger partial charge in [-0.3, -0.25) is 24.2 Å². The van der Waals surface area contributed by atoms with E-state index in [1.54, 1.807) is 24.0 Å². The van der Waals surface area contributed by atoms with Crippen LogP contribution in [0.25, 0.3) is 0 Å². The summed E-state index contributed by atoms with van der Waals surface area (Å²) in [6.45, 7) is 9.11. The third-order valence-electron chi connectivity index (χ3n) is 7.91. The summed E-state index contributed by atoms with van der Waals surface area (Å²) in [6.07, 6.45) is 3.49. The number of nitrogens with two attached hydrogens (primary N) is 1. The number of likely N-dealkylation sites (N-methyl/N-ethyl adjacent to an activating group) is 1. The van der Waals surface area contributed by atoms with Crippen molar-refractivity contribution in [3.63, 3.8) is 0 Å². The van der Waals surface area contributed by atoms with Crippen LogP contribution in [-0.2, 0) is 21.4 Å². The SMILES string of the molecule is Cc1cnc(C(=O)Nc2ccc3c(c2)C(=O)N(CCC(=O)N(CCN(C)C)CC(N)=O)C(c2ccc(C(C)(C)C)cc2)C3)cn1. The van der Waals surface area contributed by atoms with Gasteiger partial charge < -0.3 is 25.8 Å². The van der Waals surface area contributed by atoms with E-state index < -0.39 is 11.8 Å². The Morgan fingerprint density at radius 3 is 2.33 bits per heavy atom. The maximum Gasteiger partial charge on any atom is 0.275 e. The number of hydrogen-bond acceptors (Lipinski definition) is 7. The highest BCUT2D eigenvalue weighted by atomic mass is 16.2. The van der Waals surface area contributed by atoms with E-state index in [2.05, 4.69) is 48.2 Å². The highest BCUT2D eigenvalue weighted by Crippen LogP contribution is 2.35. The quantitative estimate of drug-likeness (QED) is 0.338. The predicted octanol–water partition coefficient (Wildman–Crippen LogP) is 3.34. The summed E-state index contributed by atoms with van der Waals surface area (Å²) < 4.78 is 0. The van der Waals surface area contributed by atoms with E-state index in [4.69, 9.17) is 5.73 Å². The van der Waals surface area contributed by atoms with E-state index >= 15 is 0 Å². The van der Waals surface area contributed by atoms with Crippen LogP contribution in [0, 0.1) is 6.92 Å². The van der Waals surface area contributed by atoms with Gasteiger partial charge in [-0.2, -0.15) is 0 Å². The predicted molar refractivity (Wildman–Crippen MR) is 173 cm³/mol. The van der Waals surface area contributed by atoms with Crippen molar-refractivity contribution in [2.45, 2.75) is 52.0 Å². The normalized spacial score (nSPS) is 14.7. The zero-order valence-electron chi connectivity index (χ0n) is 27.0. The van der Waals surface area contributed by atoms with Crippen molar-refractivity contribution in [3.8, 4) is 0 Å². The Kier molecular flexibility index (Phi) is 10.3. The minimum absolute atomic E-state index is 0.0267. The standard InChI is InChI=1S/C34H43N7O4/c1-22-19-37-28(20-36-22)32(44)38-26-12-9-24-17-29(23-7-10-25(11-8-23)34(2,3)4)41(33(45)27(24)18-26)14-13-31(43)40(21-30(35)42)16-15-39(5)6/h7-12,18-20,29H,13-17,21H2,1-6H3,(H2,35,42)(H,38,44). The van der Waals surface area contributed by atoms with Crippen molar-refractivity contribution < 1.29 is 19.2 Å². The van der Waals surface area contributed by atoms with Crippen molar-refractivity contribution in [2.24, 2.45) is 5.73 Å². The minimum atomic E-state index is -0.590. The molecule has 4 rings (SSSR count). The van der Waals surface area contributed by atoms with E-state index in [0.717, 1.165) is 11.1 Å². The van der Waals surface area contributed by atoms with Gasteiger partial charge >= 0.3 is 0 Å².